The fraction of sp³-hybridized carbons (Fsp3) is 0.257. The maximum absolute atomic E-state index is 15.2. The lowest BCUT2D eigenvalue weighted by Gasteiger charge is -2.34. The molecule has 0 spiro atoms. The van der Waals surface area contributed by atoms with Crippen molar-refractivity contribution in [3.63, 3.8) is 0 Å². The number of amides is 2. The number of anilines is 1. The van der Waals surface area contributed by atoms with E-state index in [1.165, 1.54) is 35.2 Å². The van der Waals surface area contributed by atoms with Crippen LogP contribution < -0.4 is 9.62 Å². The summed E-state index contributed by atoms with van der Waals surface area (Å²) >= 11 is 0. The molecule has 0 fully saturated rings. The fourth-order valence-electron chi connectivity index (χ4n) is 4.81. The summed E-state index contributed by atoms with van der Waals surface area (Å²) in [5.41, 5.74) is 3.23. The molecule has 0 radical (unpaired) electrons. The molecule has 0 aromatic heterocycles. The van der Waals surface area contributed by atoms with Gasteiger partial charge < -0.3 is 10.2 Å². The topological polar surface area (TPSA) is 86.8 Å². The normalized spacial score (nSPS) is 11.9. The molecule has 44 heavy (non-hydrogen) atoms. The van der Waals surface area contributed by atoms with Crippen molar-refractivity contribution in [2.75, 3.05) is 17.4 Å². The van der Waals surface area contributed by atoms with Gasteiger partial charge in [0.15, 0.2) is 0 Å². The summed E-state index contributed by atoms with van der Waals surface area (Å²) in [4.78, 5) is 29.4. The minimum atomic E-state index is -4.37. The van der Waals surface area contributed by atoms with Crippen LogP contribution in [0.1, 0.15) is 35.6 Å². The molecule has 0 bridgehead atoms. The number of benzene rings is 4. The number of nitrogens with zero attached hydrogens (tertiary/aromatic N) is 2. The van der Waals surface area contributed by atoms with Crippen LogP contribution in [-0.4, -0.2) is 44.3 Å². The van der Waals surface area contributed by atoms with Gasteiger partial charge in [0.05, 0.1) is 10.6 Å². The predicted octanol–water partition coefficient (Wildman–Crippen LogP) is 5.80. The monoisotopic (exact) mass is 615 g/mol. The van der Waals surface area contributed by atoms with Crippen LogP contribution in [0.4, 0.5) is 10.1 Å². The van der Waals surface area contributed by atoms with E-state index >= 15 is 4.39 Å². The molecule has 1 atom stereocenters. The third-order valence-corrected chi connectivity index (χ3v) is 9.08. The molecule has 1 unspecified atom stereocenters. The molecule has 0 saturated heterocycles. The van der Waals surface area contributed by atoms with Crippen molar-refractivity contribution >= 4 is 27.5 Å². The van der Waals surface area contributed by atoms with Crippen molar-refractivity contribution in [2.45, 2.75) is 51.1 Å². The molecule has 4 rings (SSSR count). The van der Waals surface area contributed by atoms with Crippen LogP contribution in [0.5, 0.6) is 0 Å². The molecule has 4 aromatic carbocycles. The van der Waals surface area contributed by atoms with E-state index in [1.54, 1.807) is 12.1 Å². The maximum Gasteiger partial charge on any atom is 0.264 e. The first kappa shape index (κ1) is 32.4. The summed E-state index contributed by atoms with van der Waals surface area (Å²) in [6.45, 7) is 5.46. The number of carbonyl (C=O) groups excluding carboxylic acids is 2. The highest BCUT2D eigenvalue weighted by molar-refractivity contribution is 7.92. The van der Waals surface area contributed by atoms with Crippen molar-refractivity contribution in [1.29, 1.82) is 0 Å². The number of rotatable bonds is 13. The molecule has 4 aromatic rings. The molecular weight excluding hydrogens is 577 g/mol. The quantitative estimate of drug-likeness (QED) is 0.206. The Hall–Kier alpha value is -4.50. The van der Waals surface area contributed by atoms with Gasteiger partial charge in [0.1, 0.15) is 18.4 Å². The number of aryl methyl sites for hydroxylation is 2. The number of halogens is 1. The van der Waals surface area contributed by atoms with Crippen molar-refractivity contribution < 1.29 is 22.4 Å². The third kappa shape index (κ3) is 8.11. The van der Waals surface area contributed by atoms with Crippen LogP contribution in [0.3, 0.4) is 0 Å². The number of carbonyl (C=O) groups is 2. The zero-order valence-corrected chi connectivity index (χ0v) is 26.1. The van der Waals surface area contributed by atoms with Crippen molar-refractivity contribution in [1.82, 2.24) is 10.2 Å². The summed E-state index contributed by atoms with van der Waals surface area (Å²) in [6.07, 6.45) is 0.907. The van der Waals surface area contributed by atoms with E-state index in [9.17, 15) is 18.0 Å². The highest BCUT2D eigenvalue weighted by Crippen LogP contribution is 2.27. The zero-order valence-electron chi connectivity index (χ0n) is 25.2. The molecule has 0 heterocycles. The number of sulfonamides is 1. The minimum Gasteiger partial charge on any atom is -0.354 e. The van der Waals surface area contributed by atoms with Crippen LogP contribution in [0, 0.1) is 19.7 Å². The van der Waals surface area contributed by atoms with Gasteiger partial charge >= 0.3 is 0 Å². The van der Waals surface area contributed by atoms with Crippen LogP contribution in [0.2, 0.25) is 0 Å². The second kappa shape index (κ2) is 14.8. The Kier molecular flexibility index (Phi) is 10.9. The Labute approximate surface area is 259 Å². The lowest BCUT2D eigenvalue weighted by molar-refractivity contribution is -0.140. The van der Waals surface area contributed by atoms with Gasteiger partial charge in [0.25, 0.3) is 10.0 Å². The van der Waals surface area contributed by atoms with Gasteiger partial charge in [-0.25, -0.2) is 12.8 Å². The van der Waals surface area contributed by atoms with Gasteiger partial charge in [0.2, 0.25) is 11.8 Å². The summed E-state index contributed by atoms with van der Waals surface area (Å²) in [7, 11) is -4.37. The van der Waals surface area contributed by atoms with Crippen LogP contribution in [0.15, 0.2) is 108 Å². The average molecular weight is 616 g/mol. The predicted molar refractivity (Wildman–Crippen MR) is 171 cm³/mol. The first-order chi connectivity index (χ1) is 21.1. The largest absolute Gasteiger partial charge is 0.354 e. The Morgan fingerprint density at radius 1 is 0.795 bits per heavy atom. The lowest BCUT2D eigenvalue weighted by atomic mass is 10.0. The van der Waals surface area contributed by atoms with Gasteiger partial charge in [-0.05, 0) is 55.7 Å². The standard InChI is InChI=1S/C35H38FN3O4S/c1-4-22-37-35(41)33(23-28-10-6-5-7-11-28)38(24-29-18-14-26(2)15-19-29)34(40)25-39(32-13-9-8-12-31(32)36)44(42,43)30-20-16-27(3)17-21-30/h5-21,33H,4,22-25H2,1-3H3,(H,37,41). The van der Waals surface area contributed by atoms with E-state index in [2.05, 4.69) is 5.32 Å². The summed E-state index contributed by atoms with van der Waals surface area (Å²) in [5, 5.41) is 2.91. The van der Waals surface area contributed by atoms with Crippen LogP contribution >= 0.6 is 0 Å². The molecule has 0 aliphatic carbocycles. The van der Waals surface area contributed by atoms with Gasteiger partial charge in [-0.2, -0.15) is 0 Å². The summed E-state index contributed by atoms with van der Waals surface area (Å²) in [6, 6.07) is 27.6. The molecule has 9 heteroatoms. The van der Waals surface area contributed by atoms with Gasteiger partial charge in [-0.3, -0.25) is 13.9 Å². The smallest absolute Gasteiger partial charge is 0.264 e. The van der Waals surface area contributed by atoms with E-state index in [-0.39, 0.29) is 29.5 Å². The van der Waals surface area contributed by atoms with E-state index in [4.69, 9.17) is 0 Å². The SMILES string of the molecule is CCCNC(=O)C(Cc1ccccc1)N(Cc1ccc(C)cc1)C(=O)CN(c1ccccc1F)S(=O)(=O)c1ccc(C)cc1. The Morgan fingerprint density at radius 2 is 1.39 bits per heavy atom. The highest BCUT2D eigenvalue weighted by atomic mass is 32.2. The molecule has 0 aliphatic heterocycles. The molecule has 0 saturated carbocycles. The van der Waals surface area contributed by atoms with Gasteiger partial charge in [-0.1, -0.05) is 96.9 Å². The molecule has 1 N–H and O–H groups in total. The Morgan fingerprint density at radius 3 is 2.00 bits per heavy atom. The maximum atomic E-state index is 15.2. The lowest BCUT2D eigenvalue weighted by Crippen LogP contribution is -2.53. The van der Waals surface area contributed by atoms with Crippen LogP contribution in [0.25, 0.3) is 0 Å². The van der Waals surface area contributed by atoms with E-state index in [1.807, 2.05) is 75.4 Å². The van der Waals surface area contributed by atoms with Gasteiger partial charge in [0, 0.05) is 19.5 Å². The van der Waals surface area contributed by atoms with Gasteiger partial charge in [-0.15, -0.1) is 0 Å². The van der Waals surface area contributed by atoms with E-state index < -0.39 is 34.3 Å². The average Bonchev–Trinajstić information content (AvgIpc) is 3.02. The zero-order chi connectivity index (χ0) is 31.7. The van der Waals surface area contributed by atoms with Crippen molar-refractivity contribution in [2.24, 2.45) is 0 Å². The number of nitrogens with one attached hydrogen (secondary N) is 1. The third-order valence-electron chi connectivity index (χ3n) is 7.30. The summed E-state index contributed by atoms with van der Waals surface area (Å²) < 4.78 is 44.0. The second-order valence-electron chi connectivity index (χ2n) is 10.8. The first-order valence-corrected chi connectivity index (χ1v) is 16.0. The second-order valence-corrected chi connectivity index (χ2v) is 12.6. The van der Waals surface area contributed by atoms with E-state index in [0.717, 1.165) is 32.6 Å². The highest BCUT2D eigenvalue weighted by Gasteiger charge is 2.35. The Balaban J connectivity index is 1.80. The molecular formula is C35H38FN3O4S. The van der Waals surface area contributed by atoms with Crippen LogP contribution in [-0.2, 0) is 32.6 Å². The molecule has 230 valence electrons. The molecule has 2 amide bonds. The van der Waals surface area contributed by atoms with Crippen molar-refractivity contribution in [3.8, 4) is 0 Å². The minimum absolute atomic E-state index is 0.0475. The Bertz CT molecular complexity index is 1660. The first-order valence-electron chi connectivity index (χ1n) is 14.6. The molecule has 0 aliphatic rings. The fourth-order valence-corrected chi connectivity index (χ4v) is 6.24. The summed E-state index contributed by atoms with van der Waals surface area (Å²) in [5.74, 6) is -1.78. The van der Waals surface area contributed by atoms with E-state index in [0.29, 0.717) is 13.0 Å². The van der Waals surface area contributed by atoms with Crippen molar-refractivity contribution in [3.05, 3.63) is 131 Å². The number of para-hydroxylation sites is 1. The molecule has 7 nitrogen and oxygen atoms in total. The number of hydrogen-bond donors (Lipinski definition) is 1. The number of hydrogen-bond acceptors (Lipinski definition) is 4.